The lowest BCUT2D eigenvalue weighted by Gasteiger charge is -2.16. The van der Waals surface area contributed by atoms with Gasteiger partial charge in [-0.2, -0.15) is 5.10 Å². The van der Waals surface area contributed by atoms with Crippen molar-refractivity contribution in [2.24, 2.45) is 5.92 Å². The number of aryl methyl sites for hydroxylation is 1. The number of carbonyl (C=O) groups is 1. The van der Waals surface area contributed by atoms with Crippen molar-refractivity contribution in [2.75, 3.05) is 20.2 Å². The number of hydrogen-bond donors (Lipinski definition) is 0. The molecule has 0 aliphatic carbocycles. The fourth-order valence-corrected chi connectivity index (χ4v) is 3.30. The predicted octanol–water partition coefficient (Wildman–Crippen LogP) is 2.76. The minimum absolute atomic E-state index is 0.277. The first-order valence-corrected chi connectivity index (χ1v) is 8.63. The highest BCUT2D eigenvalue weighted by Gasteiger charge is 2.25. The van der Waals surface area contributed by atoms with Crippen molar-refractivity contribution in [1.82, 2.24) is 14.7 Å². The Bertz CT molecular complexity index is 637. The number of rotatable bonds is 7. The molecular formula is C19H25N3O2. The second-order valence-electron chi connectivity index (χ2n) is 6.42. The number of benzene rings is 1. The maximum Gasteiger partial charge on any atom is 0.222 e. The second kappa shape index (κ2) is 7.99. The summed E-state index contributed by atoms with van der Waals surface area (Å²) in [7, 11) is 1.68. The van der Waals surface area contributed by atoms with Gasteiger partial charge in [-0.25, -0.2) is 0 Å². The summed E-state index contributed by atoms with van der Waals surface area (Å²) in [6.45, 7) is 2.58. The quantitative estimate of drug-likeness (QED) is 0.785. The molecule has 0 N–H and O–H groups in total. The fourth-order valence-electron chi connectivity index (χ4n) is 3.30. The molecule has 0 radical (unpaired) electrons. The number of aromatic nitrogens is 2. The number of hydrogen-bond acceptors (Lipinski definition) is 3. The minimum atomic E-state index is 0.277. The third-order valence-electron chi connectivity index (χ3n) is 4.66. The third kappa shape index (κ3) is 4.37. The van der Waals surface area contributed by atoms with Gasteiger partial charge in [0.25, 0.3) is 0 Å². The van der Waals surface area contributed by atoms with Gasteiger partial charge in [-0.05, 0) is 48.9 Å². The molecule has 1 atom stereocenters. The first-order chi connectivity index (χ1) is 11.7. The predicted molar refractivity (Wildman–Crippen MR) is 92.8 cm³/mol. The van der Waals surface area contributed by atoms with Crippen LogP contribution >= 0.6 is 0 Å². The average Bonchev–Trinajstić information content (AvgIpc) is 3.27. The van der Waals surface area contributed by atoms with Crippen molar-refractivity contribution >= 4 is 5.91 Å². The Morgan fingerprint density at radius 3 is 2.88 bits per heavy atom. The Morgan fingerprint density at radius 1 is 1.33 bits per heavy atom. The summed E-state index contributed by atoms with van der Waals surface area (Å²) in [5.41, 5.74) is 1.31. The van der Waals surface area contributed by atoms with Crippen LogP contribution in [0.4, 0.5) is 0 Å². The van der Waals surface area contributed by atoms with Crippen LogP contribution in [0.5, 0.6) is 5.75 Å². The fraction of sp³-hybridized carbons (Fsp3) is 0.474. The number of nitrogens with zero attached hydrogens (tertiary/aromatic N) is 3. The van der Waals surface area contributed by atoms with Gasteiger partial charge in [0.2, 0.25) is 5.91 Å². The van der Waals surface area contributed by atoms with Crippen molar-refractivity contribution in [3.63, 3.8) is 0 Å². The molecule has 1 amide bonds. The van der Waals surface area contributed by atoms with Crippen LogP contribution in [-0.2, 0) is 17.8 Å². The van der Waals surface area contributed by atoms with E-state index < -0.39 is 0 Å². The Kier molecular flexibility index (Phi) is 5.51. The third-order valence-corrected chi connectivity index (χ3v) is 4.66. The molecule has 2 heterocycles. The zero-order chi connectivity index (χ0) is 16.8. The number of methoxy groups -OCH3 is 1. The van der Waals surface area contributed by atoms with Crippen LogP contribution in [0.3, 0.4) is 0 Å². The molecular weight excluding hydrogens is 302 g/mol. The molecule has 0 spiro atoms. The Balaban J connectivity index is 1.41. The van der Waals surface area contributed by atoms with Crippen molar-refractivity contribution < 1.29 is 9.53 Å². The molecule has 128 valence electrons. The Labute approximate surface area is 143 Å². The number of carbonyl (C=O) groups excluding carboxylic acids is 1. The van der Waals surface area contributed by atoms with Crippen LogP contribution in [0.25, 0.3) is 0 Å². The van der Waals surface area contributed by atoms with E-state index in [1.165, 1.54) is 5.56 Å². The molecule has 2 aromatic rings. The number of likely N-dealkylation sites (tertiary alicyclic amines) is 1. The summed E-state index contributed by atoms with van der Waals surface area (Å²) < 4.78 is 7.07. The molecule has 0 bridgehead atoms. The molecule has 1 fully saturated rings. The lowest BCUT2D eigenvalue weighted by atomic mass is 9.99. The average molecular weight is 327 g/mol. The monoisotopic (exact) mass is 327 g/mol. The van der Waals surface area contributed by atoms with E-state index >= 15 is 0 Å². The second-order valence-corrected chi connectivity index (χ2v) is 6.42. The van der Waals surface area contributed by atoms with Crippen LogP contribution < -0.4 is 4.74 Å². The van der Waals surface area contributed by atoms with E-state index in [0.29, 0.717) is 12.3 Å². The summed E-state index contributed by atoms with van der Waals surface area (Å²) in [5, 5.41) is 4.16. The van der Waals surface area contributed by atoms with E-state index in [1.807, 2.05) is 34.0 Å². The molecule has 1 aliphatic rings. The maximum atomic E-state index is 12.3. The van der Waals surface area contributed by atoms with Crippen LogP contribution in [0, 0.1) is 5.92 Å². The molecule has 1 aliphatic heterocycles. The van der Waals surface area contributed by atoms with Gasteiger partial charge >= 0.3 is 0 Å². The first-order valence-electron chi connectivity index (χ1n) is 8.63. The summed E-state index contributed by atoms with van der Waals surface area (Å²) >= 11 is 0. The van der Waals surface area contributed by atoms with E-state index in [-0.39, 0.29) is 5.91 Å². The molecule has 24 heavy (non-hydrogen) atoms. The lowest BCUT2D eigenvalue weighted by Crippen LogP contribution is -2.28. The highest BCUT2D eigenvalue weighted by atomic mass is 16.5. The highest BCUT2D eigenvalue weighted by molar-refractivity contribution is 5.76. The van der Waals surface area contributed by atoms with Gasteiger partial charge in [-0.15, -0.1) is 0 Å². The Hall–Kier alpha value is -2.30. The number of ether oxygens (including phenoxy) is 1. The molecule has 0 saturated carbocycles. The normalized spacial score (nSPS) is 17.2. The van der Waals surface area contributed by atoms with E-state index in [1.54, 1.807) is 13.3 Å². The SMILES string of the molecule is COc1ccc(CC2CCN(C(=O)CCCn3cccn3)C2)cc1. The van der Waals surface area contributed by atoms with Gasteiger partial charge in [0.15, 0.2) is 0 Å². The van der Waals surface area contributed by atoms with Crippen LogP contribution in [0.1, 0.15) is 24.8 Å². The van der Waals surface area contributed by atoms with Gasteiger partial charge < -0.3 is 9.64 Å². The lowest BCUT2D eigenvalue weighted by molar-refractivity contribution is -0.130. The maximum absolute atomic E-state index is 12.3. The smallest absolute Gasteiger partial charge is 0.222 e. The molecule has 3 rings (SSSR count). The summed E-state index contributed by atoms with van der Waals surface area (Å²) in [4.78, 5) is 14.4. The molecule has 5 heteroatoms. The van der Waals surface area contributed by atoms with Crippen LogP contribution in [0.15, 0.2) is 42.7 Å². The van der Waals surface area contributed by atoms with Crippen LogP contribution in [-0.4, -0.2) is 40.8 Å². The summed E-state index contributed by atoms with van der Waals surface area (Å²) in [5.74, 6) is 1.73. The van der Waals surface area contributed by atoms with Gasteiger partial charge in [-0.3, -0.25) is 9.48 Å². The van der Waals surface area contributed by atoms with Crippen LogP contribution in [0.2, 0.25) is 0 Å². The van der Waals surface area contributed by atoms with E-state index in [9.17, 15) is 4.79 Å². The van der Waals surface area contributed by atoms with Gasteiger partial charge in [0, 0.05) is 38.4 Å². The molecule has 1 unspecified atom stereocenters. The zero-order valence-corrected chi connectivity index (χ0v) is 14.2. The standard InChI is InChI=1S/C19H25N3O2/c1-24-18-7-5-16(6-8-18)14-17-9-13-21(15-17)19(23)4-2-11-22-12-3-10-20-22/h3,5-8,10,12,17H,2,4,9,11,13-15H2,1H3. The molecule has 1 aromatic heterocycles. The van der Waals surface area contributed by atoms with E-state index in [0.717, 1.165) is 44.6 Å². The van der Waals surface area contributed by atoms with Gasteiger partial charge in [0.1, 0.15) is 5.75 Å². The highest BCUT2D eigenvalue weighted by Crippen LogP contribution is 2.23. The van der Waals surface area contributed by atoms with E-state index in [4.69, 9.17) is 4.74 Å². The van der Waals surface area contributed by atoms with Gasteiger partial charge in [-0.1, -0.05) is 12.1 Å². The van der Waals surface area contributed by atoms with Crippen molar-refractivity contribution in [3.05, 3.63) is 48.3 Å². The van der Waals surface area contributed by atoms with Crippen molar-refractivity contribution in [2.45, 2.75) is 32.2 Å². The van der Waals surface area contributed by atoms with Crippen molar-refractivity contribution in [1.29, 1.82) is 0 Å². The van der Waals surface area contributed by atoms with E-state index in [2.05, 4.69) is 17.2 Å². The topological polar surface area (TPSA) is 47.4 Å². The Morgan fingerprint density at radius 2 is 2.17 bits per heavy atom. The minimum Gasteiger partial charge on any atom is -0.497 e. The van der Waals surface area contributed by atoms with Gasteiger partial charge in [0.05, 0.1) is 7.11 Å². The molecule has 5 nitrogen and oxygen atoms in total. The largest absolute Gasteiger partial charge is 0.497 e. The first kappa shape index (κ1) is 16.6. The summed E-state index contributed by atoms with van der Waals surface area (Å²) in [6, 6.07) is 10.2. The summed E-state index contributed by atoms with van der Waals surface area (Å²) in [6.07, 6.45) is 7.28. The van der Waals surface area contributed by atoms with Crippen molar-refractivity contribution in [3.8, 4) is 5.75 Å². The number of amides is 1. The molecule has 1 aromatic carbocycles. The molecule has 1 saturated heterocycles. The zero-order valence-electron chi connectivity index (χ0n) is 14.2.